The first-order valence-corrected chi connectivity index (χ1v) is 12.1. The molecule has 0 atom stereocenters. The third-order valence-corrected chi connectivity index (χ3v) is 6.37. The second-order valence-corrected chi connectivity index (χ2v) is 9.18. The maximum Gasteiger partial charge on any atom is 0.435 e. The number of aromatic carboxylic acids is 1. The van der Waals surface area contributed by atoms with E-state index in [0.29, 0.717) is 0 Å². The second kappa shape index (κ2) is 12.6. The Balaban J connectivity index is 2.02. The van der Waals surface area contributed by atoms with Crippen molar-refractivity contribution in [2.24, 2.45) is 0 Å². The van der Waals surface area contributed by atoms with Crippen molar-refractivity contribution in [2.75, 3.05) is 12.4 Å². The Bertz CT molecular complexity index is 1560. The first-order valence-electron chi connectivity index (χ1n) is 11.7. The summed E-state index contributed by atoms with van der Waals surface area (Å²) in [6.07, 6.45) is -14.3. The number of methoxy groups -OCH3 is 1. The van der Waals surface area contributed by atoms with Crippen LogP contribution >= 0.6 is 11.6 Å². The van der Waals surface area contributed by atoms with Crippen molar-refractivity contribution < 1.29 is 68.5 Å². The highest BCUT2D eigenvalue weighted by Gasteiger charge is 2.73. The van der Waals surface area contributed by atoms with Crippen LogP contribution in [0, 0.1) is 0 Å². The molecule has 0 saturated heterocycles. The van der Waals surface area contributed by atoms with Gasteiger partial charge in [0.1, 0.15) is 5.75 Å². The summed E-state index contributed by atoms with van der Waals surface area (Å²) in [5.41, 5.74) is -9.80. The molecule has 1 amide bonds. The number of rotatable bonds is 10. The lowest BCUT2D eigenvalue weighted by Crippen LogP contribution is -2.50. The molecule has 1 N–H and O–H groups in total. The summed E-state index contributed by atoms with van der Waals surface area (Å²) in [7, 11) is 1.07. The van der Waals surface area contributed by atoms with Gasteiger partial charge in [0.25, 0.3) is 5.91 Å². The van der Waals surface area contributed by atoms with Gasteiger partial charge in [-0.05, 0) is 42.0 Å². The van der Waals surface area contributed by atoms with Gasteiger partial charge in [0, 0.05) is 28.1 Å². The van der Waals surface area contributed by atoms with Crippen LogP contribution in [0.5, 0.6) is 11.5 Å². The topological polar surface area (TPSA) is 105 Å². The minimum Gasteiger partial charge on any atom is -0.545 e. The van der Waals surface area contributed by atoms with E-state index in [1.165, 1.54) is 12.1 Å². The number of hydrogen-bond acceptors (Lipinski definition) is 6. The maximum absolute atomic E-state index is 14.6. The lowest BCUT2D eigenvalue weighted by Gasteiger charge is -2.31. The Hall–Kier alpha value is -4.47. The minimum atomic E-state index is -6.60. The molecule has 0 fully saturated rings. The van der Waals surface area contributed by atoms with Gasteiger partial charge >= 0.3 is 24.6 Å². The Morgan fingerprint density at radius 1 is 0.909 bits per heavy atom. The zero-order valence-corrected chi connectivity index (χ0v) is 22.5. The van der Waals surface area contributed by atoms with E-state index >= 15 is 0 Å². The van der Waals surface area contributed by atoms with E-state index in [2.05, 4.69) is 10.1 Å². The molecule has 17 heteroatoms. The summed E-state index contributed by atoms with van der Waals surface area (Å²) in [5.74, 6) is -5.09. The van der Waals surface area contributed by atoms with Gasteiger partial charge < -0.3 is 24.7 Å². The van der Waals surface area contributed by atoms with Crippen molar-refractivity contribution in [3.05, 3.63) is 87.4 Å². The third-order valence-electron chi connectivity index (χ3n) is 6.04. The number of halogens is 10. The van der Waals surface area contributed by atoms with Crippen LogP contribution in [0.25, 0.3) is 0 Å². The maximum atomic E-state index is 14.6. The lowest BCUT2D eigenvalue weighted by atomic mass is 9.91. The van der Waals surface area contributed by atoms with E-state index in [1.807, 2.05) is 0 Å². The Morgan fingerprint density at radius 2 is 1.48 bits per heavy atom. The molecular weight excluding hydrogens is 641 g/mol. The molecule has 0 heterocycles. The van der Waals surface area contributed by atoms with Gasteiger partial charge in [0.15, 0.2) is 11.5 Å². The summed E-state index contributed by atoms with van der Waals surface area (Å²) in [5, 5.41) is 12.2. The number of carboxylic acids is 1. The molecule has 0 aliphatic carbocycles. The molecule has 0 spiro atoms. The molecule has 3 rings (SSSR count). The van der Waals surface area contributed by atoms with Crippen molar-refractivity contribution in [1.82, 2.24) is 0 Å². The average Bonchev–Trinajstić information content (AvgIpc) is 2.92. The predicted molar refractivity (Wildman–Crippen MR) is 133 cm³/mol. The Morgan fingerprint density at radius 3 is 1.98 bits per heavy atom. The first kappa shape index (κ1) is 34.0. The smallest absolute Gasteiger partial charge is 0.435 e. The number of benzene rings is 3. The van der Waals surface area contributed by atoms with Crippen LogP contribution in [0.4, 0.5) is 45.2 Å². The number of hydrogen-bond donors (Lipinski definition) is 1. The number of carbonyl (C=O) groups excluding carboxylic acids is 3. The van der Waals surface area contributed by atoms with Crippen LogP contribution in [0.2, 0.25) is 5.02 Å². The molecule has 0 saturated carbocycles. The van der Waals surface area contributed by atoms with Crippen LogP contribution in [-0.4, -0.2) is 43.7 Å². The van der Waals surface area contributed by atoms with Gasteiger partial charge in [-0.2, -0.15) is 35.1 Å². The number of carbonyl (C=O) groups is 3. The molecule has 0 radical (unpaired) electrons. The Kier molecular flexibility index (Phi) is 9.77. The van der Waals surface area contributed by atoms with Crippen LogP contribution in [0.15, 0.2) is 54.6 Å². The van der Waals surface area contributed by atoms with E-state index in [-0.39, 0.29) is 40.3 Å². The zero-order chi connectivity index (χ0) is 33.2. The van der Waals surface area contributed by atoms with Gasteiger partial charge in [0.05, 0.1) is 24.3 Å². The first-order chi connectivity index (χ1) is 20.3. The van der Waals surface area contributed by atoms with Crippen molar-refractivity contribution in [3.63, 3.8) is 0 Å². The monoisotopic (exact) mass is 656 g/mol. The zero-order valence-electron chi connectivity index (χ0n) is 21.7. The number of anilines is 1. The molecule has 0 unspecified atom stereocenters. The van der Waals surface area contributed by atoms with E-state index in [1.54, 1.807) is 0 Å². The molecule has 0 bridgehead atoms. The van der Waals surface area contributed by atoms with E-state index in [0.717, 1.165) is 37.4 Å². The predicted octanol–water partition coefficient (Wildman–Crippen LogP) is 6.28. The second-order valence-electron chi connectivity index (χ2n) is 8.77. The number of ketones is 1. The number of Topliss-reactive ketones (excluding diaryl/α,β-unsaturated/α-hetero) is 1. The van der Waals surface area contributed by atoms with Crippen molar-refractivity contribution in [2.45, 2.75) is 31.1 Å². The summed E-state index contributed by atoms with van der Waals surface area (Å²) in [4.78, 5) is 36.8. The van der Waals surface area contributed by atoms with E-state index in [4.69, 9.17) is 16.3 Å². The quantitative estimate of drug-likeness (QED) is 0.204. The third kappa shape index (κ3) is 6.85. The van der Waals surface area contributed by atoms with Gasteiger partial charge in [-0.15, -0.1) is 0 Å². The molecule has 0 aliphatic heterocycles. The summed E-state index contributed by atoms with van der Waals surface area (Å²) in [6, 6.07) is 7.73. The highest BCUT2D eigenvalue weighted by molar-refractivity contribution is 6.32. The molecule has 3 aromatic carbocycles. The number of amides is 1. The van der Waals surface area contributed by atoms with Crippen LogP contribution in [0.3, 0.4) is 0 Å². The Labute approximate surface area is 246 Å². The molecule has 236 valence electrons. The number of nitrogens with one attached hydrogen (secondary N) is 1. The highest BCUT2D eigenvalue weighted by Crippen LogP contribution is 2.54. The highest BCUT2D eigenvalue weighted by atomic mass is 35.5. The van der Waals surface area contributed by atoms with E-state index < -0.39 is 70.6 Å². The fourth-order valence-electron chi connectivity index (χ4n) is 3.95. The normalized spacial score (nSPS) is 12.2. The summed E-state index contributed by atoms with van der Waals surface area (Å²) >= 11 is 5.82. The molecule has 3 aromatic rings. The van der Waals surface area contributed by atoms with Crippen LogP contribution < -0.4 is 19.9 Å². The summed E-state index contributed by atoms with van der Waals surface area (Å²) in [6.45, 7) is -3.84. The SMILES string of the molecule is COc1c(NC(=O)c2ccc(C(=O)[O-])cc2)cccc1C(=O)Cc1c(Cl)cc(C(F)(C(F)(F)F)C(F)(F)F)cc1OC(F)F. The molecule has 0 aliphatic rings. The molecular formula is C27H16ClF9NO6-. The molecule has 44 heavy (non-hydrogen) atoms. The number of carboxylic acid groups (broad SMARTS) is 1. The van der Waals surface area contributed by atoms with Crippen molar-refractivity contribution in [3.8, 4) is 11.5 Å². The van der Waals surface area contributed by atoms with Gasteiger partial charge in [-0.25, -0.2) is 4.39 Å². The van der Waals surface area contributed by atoms with E-state index in [9.17, 15) is 59.0 Å². The number of para-hydroxylation sites is 1. The van der Waals surface area contributed by atoms with Crippen LogP contribution in [0.1, 0.15) is 42.2 Å². The fraction of sp³-hybridized carbons (Fsp3) is 0.222. The number of ether oxygens (including phenoxy) is 2. The standard InChI is InChI=1S/C27H17ClF9NO6/c1-43-21-15(3-2-4-18(21)38-22(40)12-5-7-13(8-6-12)23(41)42)19(39)11-16-17(28)9-14(10-20(16)44-24(29)30)25(31,26(32,33)34)27(35,36)37/h2-10,24H,11H2,1H3,(H,38,40)(H,41,42)/p-1. The van der Waals surface area contributed by atoms with Crippen molar-refractivity contribution >= 4 is 34.9 Å². The average molecular weight is 657 g/mol. The van der Waals surface area contributed by atoms with Crippen LogP contribution in [-0.2, 0) is 12.1 Å². The largest absolute Gasteiger partial charge is 0.545 e. The minimum absolute atomic E-state index is 0.0314. The summed E-state index contributed by atoms with van der Waals surface area (Å²) < 4.78 is 130. The van der Waals surface area contributed by atoms with Gasteiger partial charge in [-0.1, -0.05) is 29.8 Å². The number of alkyl halides is 9. The van der Waals surface area contributed by atoms with Crippen molar-refractivity contribution in [1.29, 1.82) is 0 Å². The molecule has 7 nitrogen and oxygen atoms in total. The van der Waals surface area contributed by atoms with Gasteiger partial charge in [0.2, 0.25) is 0 Å². The fourth-order valence-corrected chi connectivity index (χ4v) is 4.23. The lowest BCUT2D eigenvalue weighted by molar-refractivity contribution is -0.348. The van der Waals surface area contributed by atoms with Gasteiger partial charge in [-0.3, -0.25) is 9.59 Å². The molecule has 0 aromatic heterocycles.